The first kappa shape index (κ1) is 14.7. The molecule has 0 saturated carbocycles. The maximum absolute atomic E-state index is 12.3. The van der Waals surface area contributed by atoms with E-state index in [1.807, 2.05) is 6.92 Å². The van der Waals surface area contributed by atoms with Crippen LogP contribution in [0.3, 0.4) is 0 Å². The SMILES string of the molecule is CC1(C(=O)Nc2ccc(OC(F)F)cc2)CCNCC1. The summed E-state index contributed by atoms with van der Waals surface area (Å²) in [5, 5.41) is 6.04. The van der Waals surface area contributed by atoms with Crippen molar-refractivity contribution in [3.05, 3.63) is 24.3 Å². The van der Waals surface area contributed by atoms with E-state index in [0.717, 1.165) is 25.9 Å². The zero-order chi connectivity index (χ0) is 14.6. The normalized spacial score (nSPS) is 17.8. The molecule has 110 valence electrons. The second-order valence-corrected chi connectivity index (χ2v) is 5.17. The van der Waals surface area contributed by atoms with Crippen LogP contribution in [0.25, 0.3) is 0 Å². The lowest BCUT2D eigenvalue weighted by molar-refractivity contribution is -0.126. The number of carbonyl (C=O) groups is 1. The number of piperidine rings is 1. The zero-order valence-corrected chi connectivity index (χ0v) is 11.3. The molecule has 1 fully saturated rings. The predicted molar refractivity (Wildman–Crippen MR) is 71.9 cm³/mol. The van der Waals surface area contributed by atoms with Crippen molar-refractivity contribution in [1.82, 2.24) is 5.32 Å². The summed E-state index contributed by atoms with van der Waals surface area (Å²) in [5.74, 6) is 0.0348. The van der Waals surface area contributed by atoms with Crippen LogP contribution in [-0.4, -0.2) is 25.6 Å². The van der Waals surface area contributed by atoms with Gasteiger partial charge in [0, 0.05) is 11.1 Å². The number of carbonyl (C=O) groups excluding carboxylic acids is 1. The third-order valence-corrected chi connectivity index (χ3v) is 3.59. The van der Waals surface area contributed by atoms with E-state index in [1.165, 1.54) is 12.1 Å². The Hall–Kier alpha value is -1.69. The van der Waals surface area contributed by atoms with Crippen LogP contribution in [0.15, 0.2) is 24.3 Å². The molecule has 1 heterocycles. The first-order chi connectivity index (χ1) is 9.49. The molecule has 0 aromatic heterocycles. The molecule has 0 atom stereocenters. The van der Waals surface area contributed by atoms with E-state index in [2.05, 4.69) is 15.4 Å². The Morgan fingerprint density at radius 2 is 1.90 bits per heavy atom. The number of nitrogens with one attached hydrogen (secondary N) is 2. The van der Waals surface area contributed by atoms with Crippen molar-refractivity contribution in [2.75, 3.05) is 18.4 Å². The zero-order valence-electron chi connectivity index (χ0n) is 11.3. The van der Waals surface area contributed by atoms with Crippen LogP contribution < -0.4 is 15.4 Å². The molecule has 1 amide bonds. The highest BCUT2D eigenvalue weighted by molar-refractivity contribution is 5.95. The summed E-state index contributed by atoms with van der Waals surface area (Å²) in [5.41, 5.74) is 0.194. The van der Waals surface area contributed by atoms with Gasteiger partial charge < -0.3 is 15.4 Å². The van der Waals surface area contributed by atoms with Crippen LogP contribution in [0.4, 0.5) is 14.5 Å². The first-order valence-corrected chi connectivity index (χ1v) is 6.57. The van der Waals surface area contributed by atoms with Gasteiger partial charge in [0.05, 0.1) is 0 Å². The molecule has 1 saturated heterocycles. The second-order valence-electron chi connectivity index (χ2n) is 5.17. The number of benzene rings is 1. The smallest absolute Gasteiger partial charge is 0.387 e. The van der Waals surface area contributed by atoms with Crippen molar-refractivity contribution in [2.45, 2.75) is 26.4 Å². The third kappa shape index (κ3) is 3.66. The van der Waals surface area contributed by atoms with Crippen LogP contribution >= 0.6 is 0 Å². The van der Waals surface area contributed by atoms with Crippen LogP contribution in [0.1, 0.15) is 19.8 Å². The van der Waals surface area contributed by atoms with Crippen molar-refractivity contribution in [3.63, 3.8) is 0 Å². The van der Waals surface area contributed by atoms with Crippen molar-refractivity contribution < 1.29 is 18.3 Å². The number of hydrogen-bond acceptors (Lipinski definition) is 3. The van der Waals surface area contributed by atoms with Gasteiger partial charge in [-0.1, -0.05) is 6.92 Å². The van der Waals surface area contributed by atoms with E-state index in [0.29, 0.717) is 5.69 Å². The molecule has 1 aromatic carbocycles. The number of halogens is 2. The lowest BCUT2D eigenvalue weighted by atomic mass is 9.80. The highest BCUT2D eigenvalue weighted by Gasteiger charge is 2.34. The van der Waals surface area contributed by atoms with Gasteiger partial charge in [-0.3, -0.25) is 4.79 Å². The molecular formula is C14H18F2N2O2. The Morgan fingerprint density at radius 3 is 2.45 bits per heavy atom. The van der Waals surface area contributed by atoms with Gasteiger partial charge >= 0.3 is 6.61 Å². The number of anilines is 1. The van der Waals surface area contributed by atoms with Gasteiger partial charge in [-0.05, 0) is 50.2 Å². The molecule has 20 heavy (non-hydrogen) atoms. The lowest BCUT2D eigenvalue weighted by Crippen LogP contribution is -2.42. The Labute approximate surface area is 116 Å². The average Bonchev–Trinajstić information content (AvgIpc) is 2.41. The topological polar surface area (TPSA) is 50.4 Å². The fraction of sp³-hybridized carbons (Fsp3) is 0.500. The fourth-order valence-corrected chi connectivity index (χ4v) is 2.21. The molecular weight excluding hydrogens is 266 g/mol. The minimum absolute atomic E-state index is 0.0403. The van der Waals surface area contributed by atoms with Crippen molar-refractivity contribution in [1.29, 1.82) is 0 Å². The van der Waals surface area contributed by atoms with E-state index in [-0.39, 0.29) is 17.1 Å². The van der Waals surface area contributed by atoms with Gasteiger partial charge in [0.2, 0.25) is 5.91 Å². The minimum atomic E-state index is -2.84. The predicted octanol–water partition coefficient (Wildman–Crippen LogP) is 2.62. The Balaban J connectivity index is 1.97. The summed E-state index contributed by atoms with van der Waals surface area (Å²) in [4.78, 5) is 12.3. The maximum Gasteiger partial charge on any atom is 0.387 e. The van der Waals surface area contributed by atoms with Gasteiger partial charge in [-0.25, -0.2) is 0 Å². The highest BCUT2D eigenvalue weighted by atomic mass is 19.3. The summed E-state index contributed by atoms with van der Waals surface area (Å²) < 4.78 is 28.3. The summed E-state index contributed by atoms with van der Waals surface area (Å²) >= 11 is 0. The maximum atomic E-state index is 12.3. The molecule has 6 heteroatoms. The van der Waals surface area contributed by atoms with Crippen molar-refractivity contribution in [3.8, 4) is 5.75 Å². The lowest BCUT2D eigenvalue weighted by Gasteiger charge is -2.32. The molecule has 0 radical (unpaired) electrons. The Morgan fingerprint density at radius 1 is 1.30 bits per heavy atom. The largest absolute Gasteiger partial charge is 0.435 e. The minimum Gasteiger partial charge on any atom is -0.435 e. The fourth-order valence-electron chi connectivity index (χ4n) is 2.21. The number of rotatable bonds is 4. The van der Waals surface area contributed by atoms with E-state index >= 15 is 0 Å². The van der Waals surface area contributed by atoms with E-state index < -0.39 is 6.61 Å². The molecule has 2 rings (SSSR count). The van der Waals surface area contributed by atoms with Gasteiger partial charge in [0.15, 0.2) is 0 Å². The molecule has 0 unspecified atom stereocenters. The summed E-state index contributed by atoms with van der Waals surface area (Å²) in [6.45, 7) is 0.747. The molecule has 2 N–H and O–H groups in total. The van der Waals surface area contributed by atoms with Crippen molar-refractivity contribution >= 4 is 11.6 Å². The summed E-state index contributed by atoms with van der Waals surface area (Å²) in [6, 6.07) is 5.93. The number of ether oxygens (including phenoxy) is 1. The van der Waals surface area contributed by atoms with Gasteiger partial charge in [-0.15, -0.1) is 0 Å². The highest BCUT2D eigenvalue weighted by Crippen LogP contribution is 2.29. The monoisotopic (exact) mass is 284 g/mol. The van der Waals surface area contributed by atoms with Crippen LogP contribution in [-0.2, 0) is 4.79 Å². The van der Waals surface area contributed by atoms with E-state index in [9.17, 15) is 13.6 Å². The van der Waals surface area contributed by atoms with Crippen molar-refractivity contribution in [2.24, 2.45) is 5.41 Å². The Bertz CT molecular complexity index is 457. The summed E-state index contributed by atoms with van der Waals surface area (Å²) in [6.07, 6.45) is 1.57. The number of alkyl halides is 2. The number of hydrogen-bond donors (Lipinski definition) is 2. The standard InChI is InChI=1S/C14H18F2N2O2/c1-14(6-8-17-9-7-14)12(19)18-10-2-4-11(5-3-10)20-13(15)16/h2-5,13,17H,6-9H2,1H3,(H,18,19). The molecule has 1 aromatic rings. The second kappa shape index (κ2) is 6.17. The third-order valence-electron chi connectivity index (χ3n) is 3.59. The van der Waals surface area contributed by atoms with Crippen LogP contribution in [0.5, 0.6) is 5.75 Å². The average molecular weight is 284 g/mol. The Kier molecular flexibility index (Phi) is 4.54. The van der Waals surface area contributed by atoms with Crippen LogP contribution in [0.2, 0.25) is 0 Å². The van der Waals surface area contributed by atoms with Gasteiger partial charge in [-0.2, -0.15) is 8.78 Å². The molecule has 0 aliphatic carbocycles. The summed E-state index contributed by atoms with van der Waals surface area (Å²) in [7, 11) is 0. The van der Waals surface area contributed by atoms with Gasteiger partial charge in [0.1, 0.15) is 5.75 Å². The molecule has 4 nitrogen and oxygen atoms in total. The molecule has 1 aliphatic heterocycles. The van der Waals surface area contributed by atoms with Gasteiger partial charge in [0.25, 0.3) is 0 Å². The first-order valence-electron chi connectivity index (χ1n) is 6.57. The van der Waals surface area contributed by atoms with E-state index in [4.69, 9.17) is 0 Å². The molecule has 0 spiro atoms. The molecule has 0 bridgehead atoms. The quantitative estimate of drug-likeness (QED) is 0.893. The molecule has 1 aliphatic rings. The number of amides is 1. The van der Waals surface area contributed by atoms with E-state index in [1.54, 1.807) is 12.1 Å². The van der Waals surface area contributed by atoms with Crippen LogP contribution in [0, 0.1) is 5.41 Å².